The fourth-order valence-electron chi connectivity index (χ4n) is 4.99. The predicted octanol–water partition coefficient (Wildman–Crippen LogP) is 3.86. The molecule has 2 aliphatic rings. The van der Waals surface area contributed by atoms with Crippen LogP contribution in [0.5, 0.6) is 0 Å². The van der Waals surface area contributed by atoms with Gasteiger partial charge in [0.1, 0.15) is 6.04 Å². The Morgan fingerprint density at radius 3 is 2.41 bits per heavy atom. The Morgan fingerprint density at radius 1 is 1.09 bits per heavy atom. The first kappa shape index (κ1) is 24.3. The smallest absolute Gasteiger partial charge is 0.251 e. The number of hydrogen-bond acceptors (Lipinski definition) is 3. The van der Waals surface area contributed by atoms with E-state index in [1.807, 2.05) is 48.8 Å². The quantitative estimate of drug-likeness (QED) is 0.666. The molecule has 1 aliphatic heterocycles. The second-order valence-corrected chi connectivity index (χ2v) is 9.61. The molecular weight excluding hydrogens is 402 g/mol. The summed E-state index contributed by atoms with van der Waals surface area (Å²) >= 11 is 0. The zero-order valence-corrected chi connectivity index (χ0v) is 19.9. The Bertz CT molecular complexity index is 776. The number of piperazine rings is 1. The Labute approximate surface area is 192 Å². The molecule has 3 atom stereocenters. The summed E-state index contributed by atoms with van der Waals surface area (Å²) in [5, 5.41) is 2.97. The summed E-state index contributed by atoms with van der Waals surface area (Å²) < 4.78 is 0. The van der Waals surface area contributed by atoms with Gasteiger partial charge < -0.3 is 15.1 Å². The van der Waals surface area contributed by atoms with Crippen molar-refractivity contribution in [2.24, 2.45) is 11.8 Å². The molecule has 3 unspecified atom stereocenters. The van der Waals surface area contributed by atoms with Crippen molar-refractivity contribution in [2.75, 3.05) is 19.6 Å². The van der Waals surface area contributed by atoms with Crippen molar-refractivity contribution < 1.29 is 14.4 Å². The molecule has 6 nitrogen and oxygen atoms in total. The van der Waals surface area contributed by atoms with Crippen LogP contribution in [0, 0.1) is 11.8 Å². The van der Waals surface area contributed by atoms with Gasteiger partial charge in [0.2, 0.25) is 11.8 Å². The van der Waals surface area contributed by atoms with Gasteiger partial charge in [-0.3, -0.25) is 14.4 Å². The van der Waals surface area contributed by atoms with Crippen LogP contribution in [0.2, 0.25) is 0 Å². The monoisotopic (exact) mass is 441 g/mol. The first-order chi connectivity index (χ1) is 15.4. The summed E-state index contributed by atoms with van der Waals surface area (Å²) in [6.07, 6.45) is 7.52. The maximum atomic E-state index is 13.4. The van der Waals surface area contributed by atoms with Gasteiger partial charge in [-0.1, -0.05) is 64.2 Å². The van der Waals surface area contributed by atoms with Gasteiger partial charge in [0.25, 0.3) is 5.91 Å². The SMILES string of the molecule is CCC(C)C(NC(=O)c1ccccc1)C(=O)N1CCN(C(=O)CCC2CCCC2)C(C)C1. The van der Waals surface area contributed by atoms with E-state index in [1.54, 1.807) is 12.1 Å². The van der Waals surface area contributed by atoms with E-state index in [0.717, 1.165) is 12.8 Å². The first-order valence-electron chi connectivity index (χ1n) is 12.3. The molecule has 1 aliphatic carbocycles. The molecule has 6 heteroatoms. The van der Waals surface area contributed by atoms with Crippen LogP contribution in [0.1, 0.15) is 76.1 Å². The number of amides is 3. The minimum atomic E-state index is -0.565. The average molecular weight is 442 g/mol. The average Bonchev–Trinajstić information content (AvgIpc) is 3.34. The number of rotatable bonds is 8. The van der Waals surface area contributed by atoms with Gasteiger partial charge in [0, 0.05) is 37.7 Å². The van der Waals surface area contributed by atoms with Gasteiger partial charge in [0.15, 0.2) is 0 Å². The van der Waals surface area contributed by atoms with Crippen molar-refractivity contribution in [3.8, 4) is 0 Å². The second kappa shape index (κ2) is 11.5. The van der Waals surface area contributed by atoms with Crippen molar-refractivity contribution in [3.63, 3.8) is 0 Å². The lowest BCUT2D eigenvalue weighted by molar-refractivity contribution is -0.144. The molecule has 0 aromatic heterocycles. The molecular formula is C26H39N3O3. The van der Waals surface area contributed by atoms with Crippen LogP contribution in [0.25, 0.3) is 0 Å². The van der Waals surface area contributed by atoms with Crippen molar-refractivity contribution >= 4 is 17.7 Å². The summed E-state index contributed by atoms with van der Waals surface area (Å²) in [4.78, 5) is 42.7. The molecule has 1 saturated heterocycles. The van der Waals surface area contributed by atoms with Crippen LogP contribution in [0.15, 0.2) is 30.3 Å². The molecule has 0 radical (unpaired) electrons. The Kier molecular flexibility index (Phi) is 8.71. The zero-order valence-electron chi connectivity index (χ0n) is 19.9. The van der Waals surface area contributed by atoms with Crippen molar-refractivity contribution in [2.45, 2.75) is 77.8 Å². The van der Waals surface area contributed by atoms with Crippen LogP contribution < -0.4 is 5.32 Å². The van der Waals surface area contributed by atoms with E-state index in [1.165, 1.54) is 25.7 Å². The number of carbonyl (C=O) groups is 3. The van der Waals surface area contributed by atoms with Gasteiger partial charge in [0.05, 0.1) is 0 Å². The molecule has 3 amide bonds. The molecule has 1 heterocycles. The molecule has 1 aromatic rings. The molecule has 176 valence electrons. The molecule has 2 fully saturated rings. The van der Waals surface area contributed by atoms with Crippen molar-refractivity contribution in [1.82, 2.24) is 15.1 Å². The van der Waals surface area contributed by atoms with E-state index in [4.69, 9.17) is 0 Å². The topological polar surface area (TPSA) is 69.7 Å². The van der Waals surface area contributed by atoms with E-state index in [0.29, 0.717) is 37.5 Å². The third-order valence-corrected chi connectivity index (χ3v) is 7.30. The lowest BCUT2D eigenvalue weighted by atomic mass is 9.96. The lowest BCUT2D eigenvalue weighted by Crippen LogP contribution is -2.60. The summed E-state index contributed by atoms with van der Waals surface area (Å²) in [5.41, 5.74) is 0.555. The highest BCUT2D eigenvalue weighted by atomic mass is 16.2. The highest BCUT2D eigenvalue weighted by molar-refractivity contribution is 5.97. The maximum absolute atomic E-state index is 13.4. The minimum Gasteiger partial charge on any atom is -0.340 e. The second-order valence-electron chi connectivity index (χ2n) is 9.61. The molecule has 3 rings (SSSR count). The highest BCUT2D eigenvalue weighted by Crippen LogP contribution is 2.29. The van der Waals surface area contributed by atoms with Gasteiger partial charge in [-0.2, -0.15) is 0 Å². The van der Waals surface area contributed by atoms with E-state index >= 15 is 0 Å². The third kappa shape index (κ3) is 6.11. The van der Waals surface area contributed by atoms with Gasteiger partial charge in [-0.05, 0) is 37.3 Å². The Hall–Kier alpha value is -2.37. The standard InChI is InChI=1S/C26H39N3O3/c1-4-19(2)24(27-25(31)22-12-6-5-7-13-22)26(32)28-16-17-29(20(3)18-28)23(30)15-14-21-10-8-9-11-21/h5-7,12-13,19-21,24H,4,8-11,14-18H2,1-3H3,(H,27,31). The number of nitrogens with one attached hydrogen (secondary N) is 1. The number of carbonyl (C=O) groups excluding carboxylic acids is 3. The first-order valence-corrected chi connectivity index (χ1v) is 12.3. The predicted molar refractivity (Wildman–Crippen MR) is 126 cm³/mol. The summed E-state index contributed by atoms with van der Waals surface area (Å²) in [6.45, 7) is 7.65. The number of hydrogen-bond donors (Lipinski definition) is 1. The van der Waals surface area contributed by atoms with Gasteiger partial charge in [-0.25, -0.2) is 0 Å². The number of benzene rings is 1. The molecule has 0 spiro atoms. The van der Waals surface area contributed by atoms with Crippen LogP contribution in [0.4, 0.5) is 0 Å². The molecule has 0 bridgehead atoms. The van der Waals surface area contributed by atoms with E-state index in [9.17, 15) is 14.4 Å². The van der Waals surface area contributed by atoms with E-state index in [2.05, 4.69) is 5.32 Å². The fourth-order valence-corrected chi connectivity index (χ4v) is 4.99. The van der Waals surface area contributed by atoms with Crippen molar-refractivity contribution in [1.29, 1.82) is 0 Å². The normalized spacial score (nSPS) is 21.3. The van der Waals surface area contributed by atoms with Crippen LogP contribution in [-0.2, 0) is 9.59 Å². The molecule has 1 aromatic carbocycles. The number of nitrogens with zero attached hydrogens (tertiary/aromatic N) is 2. The van der Waals surface area contributed by atoms with E-state index < -0.39 is 6.04 Å². The summed E-state index contributed by atoms with van der Waals surface area (Å²) in [7, 11) is 0. The van der Waals surface area contributed by atoms with Crippen LogP contribution in [0.3, 0.4) is 0 Å². The zero-order chi connectivity index (χ0) is 23.1. The van der Waals surface area contributed by atoms with Crippen LogP contribution >= 0.6 is 0 Å². The lowest BCUT2D eigenvalue weighted by Gasteiger charge is -2.41. The van der Waals surface area contributed by atoms with Gasteiger partial charge >= 0.3 is 0 Å². The molecule has 32 heavy (non-hydrogen) atoms. The maximum Gasteiger partial charge on any atom is 0.251 e. The Balaban J connectivity index is 1.57. The largest absolute Gasteiger partial charge is 0.340 e. The highest BCUT2D eigenvalue weighted by Gasteiger charge is 2.35. The third-order valence-electron chi connectivity index (χ3n) is 7.30. The van der Waals surface area contributed by atoms with Gasteiger partial charge in [-0.15, -0.1) is 0 Å². The molecule has 1 saturated carbocycles. The molecule has 1 N–H and O–H groups in total. The van der Waals surface area contributed by atoms with E-state index in [-0.39, 0.29) is 29.7 Å². The Morgan fingerprint density at radius 2 is 1.78 bits per heavy atom. The minimum absolute atomic E-state index is 0.00816. The van der Waals surface area contributed by atoms with Crippen molar-refractivity contribution in [3.05, 3.63) is 35.9 Å². The fraction of sp³-hybridized carbons (Fsp3) is 0.654. The van der Waals surface area contributed by atoms with Crippen LogP contribution in [-0.4, -0.2) is 59.2 Å². The summed E-state index contributed by atoms with van der Waals surface area (Å²) in [5.74, 6) is 0.678. The summed E-state index contributed by atoms with van der Waals surface area (Å²) in [6, 6.07) is 8.44.